The Bertz CT molecular complexity index is 92.6. The van der Waals surface area contributed by atoms with E-state index in [4.69, 9.17) is 0 Å². The Morgan fingerprint density at radius 3 is 1.67 bits per heavy atom. The van der Waals surface area contributed by atoms with Crippen molar-refractivity contribution in [3.8, 4) is 0 Å². The van der Waals surface area contributed by atoms with Gasteiger partial charge in [-0.3, -0.25) is 0 Å². The molecular weight excluding hydrogens is 144 g/mol. The molecule has 0 aromatic rings. The lowest BCUT2D eigenvalue weighted by molar-refractivity contribution is 0.201. The minimum Gasteiger partial charge on any atom is -0.0656 e. The van der Waals surface area contributed by atoms with Crippen LogP contribution in [0, 0.1) is 11.3 Å². The zero-order valence-electron chi connectivity index (χ0n) is 9.61. The molecule has 0 aromatic heterocycles. The number of hydrogen-bond donors (Lipinski definition) is 0. The first-order valence-electron chi connectivity index (χ1n) is 5.52. The van der Waals surface area contributed by atoms with Gasteiger partial charge in [-0.2, -0.15) is 0 Å². The van der Waals surface area contributed by atoms with Gasteiger partial charge in [-0.25, -0.2) is 0 Å². The van der Waals surface area contributed by atoms with Crippen LogP contribution in [0.4, 0.5) is 0 Å². The van der Waals surface area contributed by atoms with Crippen LogP contribution >= 0.6 is 0 Å². The molecule has 1 rings (SSSR count). The highest BCUT2D eigenvalue weighted by molar-refractivity contribution is 4.76. The molecule has 12 heavy (non-hydrogen) atoms. The first-order chi connectivity index (χ1) is 5.52. The molecule has 0 spiro atoms. The van der Waals surface area contributed by atoms with Gasteiger partial charge in [0.15, 0.2) is 0 Å². The molecule has 0 heterocycles. The second-order valence-electron chi connectivity index (χ2n) is 5.05. The summed E-state index contributed by atoms with van der Waals surface area (Å²) in [6, 6.07) is 0. The van der Waals surface area contributed by atoms with Gasteiger partial charge in [0.25, 0.3) is 0 Å². The van der Waals surface area contributed by atoms with Crippen molar-refractivity contribution in [1.29, 1.82) is 0 Å². The van der Waals surface area contributed by atoms with Crippen molar-refractivity contribution < 1.29 is 0 Å². The first-order valence-corrected chi connectivity index (χ1v) is 5.52. The lowest BCUT2D eigenvalue weighted by Crippen LogP contribution is -2.19. The van der Waals surface area contributed by atoms with Gasteiger partial charge in [0, 0.05) is 0 Å². The van der Waals surface area contributed by atoms with Crippen LogP contribution < -0.4 is 0 Å². The molecule has 1 saturated carbocycles. The number of rotatable bonds is 0. The summed E-state index contributed by atoms with van der Waals surface area (Å²) in [5.41, 5.74) is 0.659. The SMILES string of the molecule is CC1CCC(C)(C)CC1.CCC. The molecule has 0 unspecified atom stereocenters. The monoisotopic (exact) mass is 170 g/mol. The summed E-state index contributed by atoms with van der Waals surface area (Å²) in [6.07, 6.45) is 7.03. The maximum atomic E-state index is 2.39. The van der Waals surface area contributed by atoms with Crippen molar-refractivity contribution in [3.63, 3.8) is 0 Å². The third kappa shape index (κ3) is 5.62. The highest BCUT2D eigenvalue weighted by Crippen LogP contribution is 2.37. The summed E-state index contributed by atoms with van der Waals surface area (Å²) in [5, 5.41) is 0. The van der Waals surface area contributed by atoms with E-state index < -0.39 is 0 Å². The maximum Gasteiger partial charge on any atom is -0.0354 e. The molecule has 0 bridgehead atoms. The Morgan fingerprint density at radius 2 is 1.42 bits per heavy atom. The Kier molecular flexibility index (Phi) is 5.61. The third-order valence-electron chi connectivity index (χ3n) is 2.63. The number of hydrogen-bond acceptors (Lipinski definition) is 0. The van der Waals surface area contributed by atoms with E-state index in [1.165, 1.54) is 32.1 Å². The molecule has 0 saturated heterocycles. The molecular formula is C12H26. The van der Waals surface area contributed by atoms with Crippen molar-refractivity contribution in [3.05, 3.63) is 0 Å². The molecule has 0 radical (unpaired) electrons. The van der Waals surface area contributed by atoms with Crippen LogP contribution in [-0.4, -0.2) is 0 Å². The van der Waals surface area contributed by atoms with Gasteiger partial charge in [0.1, 0.15) is 0 Å². The van der Waals surface area contributed by atoms with E-state index in [0.29, 0.717) is 5.41 Å². The smallest absolute Gasteiger partial charge is 0.0354 e. The second-order valence-corrected chi connectivity index (χ2v) is 5.05. The molecule has 0 aromatic carbocycles. The van der Waals surface area contributed by atoms with Crippen molar-refractivity contribution >= 4 is 0 Å². The lowest BCUT2D eigenvalue weighted by Gasteiger charge is -2.32. The van der Waals surface area contributed by atoms with Crippen LogP contribution in [0.5, 0.6) is 0 Å². The van der Waals surface area contributed by atoms with Gasteiger partial charge in [0.2, 0.25) is 0 Å². The van der Waals surface area contributed by atoms with Crippen LogP contribution in [0.2, 0.25) is 0 Å². The lowest BCUT2D eigenvalue weighted by atomic mass is 9.74. The van der Waals surface area contributed by atoms with Gasteiger partial charge in [0.05, 0.1) is 0 Å². The van der Waals surface area contributed by atoms with Crippen LogP contribution in [0.1, 0.15) is 66.7 Å². The maximum absolute atomic E-state index is 2.39. The standard InChI is InChI=1S/C9H18.C3H8/c1-8-4-6-9(2,3)7-5-8;1-3-2/h8H,4-7H2,1-3H3;3H2,1-2H3. The zero-order chi connectivity index (χ0) is 9.61. The highest BCUT2D eigenvalue weighted by atomic mass is 14.3. The fourth-order valence-electron chi connectivity index (χ4n) is 1.54. The average Bonchev–Trinajstić information content (AvgIpc) is 1.98. The largest absolute Gasteiger partial charge is 0.0656 e. The normalized spacial score (nSPS) is 22.8. The molecule has 1 fully saturated rings. The summed E-state index contributed by atoms with van der Waals surface area (Å²) < 4.78 is 0. The molecule has 0 aliphatic heterocycles. The Labute approximate surface area is 78.8 Å². The Hall–Kier alpha value is 0. The van der Waals surface area contributed by atoms with Gasteiger partial charge in [-0.1, -0.05) is 53.9 Å². The van der Waals surface area contributed by atoms with E-state index in [2.05, 4.69) is 34.6 Å². The molecule has 74 valence electrons. The topological polar surface area (TPSA) is 0 Å². The summed E-state index contributed by atoms with van der Waals surface area (Å²) in [5.74, 6) is 0.998. The van der Waals surface area contributed by atoms with Gasteiger partial charge in [-0.15, -0.1) is 0 Å². The van der Waals surface area contributed by atoms with Crippen molar-refractivity contribution in [2.75, 3.05) is 0 Å². The Balaban J connectivity index is 0.000000354. The molecule has 0 atom stereocenters. The van der Waals surface area contributed by atoms with E-state index in [-0.39, 0.29) is 0 Å². The minimum atomic E-state index is 0.659. The molecule has 0 amide bonds. The van der Waals surface area contributed by atoms with Crippen molar-refractivity contribution in [2.24, 2.45) is 11.3 Å². The molecule has 1 aliphatic rings. The van der Waals surface area contributed by atoms with Gasteiger partial charge < -0.3 is 0 Å². The fraction of sp³-hybridized carbons (Fsp3) is 1.00. The van der Waals surface area contributed by atoms with Crippen LogP contribution in [0.15, 0.2) is 0 Å². The van der Waals surface area contributed by atoms with Gasteiger partial charge >= 0.3 is 0 Å². The molecule has 1 aliphatic carbocycles. The predicted octanol–water partition coefficient (Wildman–Crippen LogP) is 4.64. The summed E-state index contributed by atoms with van der Waals surface area (Å²) in [6.45, 7) is 11.4. The Morgan fingerprint density at radius 1 is 1.08 bits per heavy atom. The van der Waals surface area contributed by atoms with Gasteiger partial charge in [-0.05, 0) is 24.2 Å². The minimum absolute atomic E-state index is 0.659. The second kappa shape index (κ2) is 5.61. The molecule has 0 nitrogen and oxygen atoms in total. The first kappa shape index (κ1) is 12.0. The molecule has 0 N–H and O–H groups in total. The van der Waals surface area contributed by atoms with Crippen LogP contribution in [-0.2, 0) is 0 Å². The highest BCUT2D eigenvalue weighted by Gasteiger charge is 2.23. The van der Waals surface area contributed by atoms with Crippen molar-refractivity contribution in [1.82, 2.24) is 0 Å². The summed E-state index contributed by atoms with van der Waals surface area (Å²) >= 11 is 0. The molecule has 0 heteroatoms. The summed E-state index contributed by atoms with van der Waals surface area (Å²) in [4.78, 5) is 0. The zero-order valence-corrected chi connectivity index (χ0v) is 9.61. The summed E-state index contributed by atoms with van der Waals surface area (Å²) in [7, 11) is 0. The third-order valence-corrected chi connectivity index (χ3v) is 2.63. The van der Waals surface area contributed by atoms with E-state index >= 15 is 0 Å². The van der Waals surface area contributed by atoms with E-state index in [9.17, 15) is 0 Å². The van der Waals surface area contributed by atoms with E-state index in [1.807, 2.05) is 0 Å². The van der Waals surface area contributed by atoms with E-state index in [0.717, 1.165) is 5.92 Å². The van der Waals surface area contributed by atoms with Crippen LogP contribution in [0.25, 0.3) is 0 Å². The predicted molar refractivity (Wildman–Crippen MR) is 57.4 cm³/mol. The van der Waals surface area contributed by atoms with Crippen LogP contribution in [0.3, 0.4) is 0 Å². The van der Waals surface area contributed by atoms with E-state index in [1.54, 1.807) is 0 Å². The average molecular weight is 170 g/mol. The van der Waals surface area contributed by atoms with Crippen molar-refractivity contribution in [2.45, 2.75) is 66.7 Å². The quantitative estimate of drug-likeness (QED) is 0.497. The fourth-order valence-corrected chi connectivity index (χ4v) is 1.54.